The van der Waals surface area contributed by atoms with Crippen LogP contribution in [0.15, 0.2) is 42.5 Å². The number of halogens is 1. The molecule has 0 aromatic heterocycles. The third-order valence-electron chi connectivity index (χ3n) is 6.23. The highest BCUT2D eigenvalue weighted by Crippen LogP contribution is 2.32. The van der Waals surface area contributed by atoms with E-state index in [4.69, 9.17) is 11.6 Å². The summed E-state index contributed by atoms with van der Waals surface area (Å²) in [5.74, 6) is -1.22. The Bertz CT molecular complexity index is 941. The Morgan fingerprint density at radius 3 is 2.45 bits per heavy atom. The van der Waals surface area contributed by atoms with Gasteiger partial charge in [0.15, 0.2) is 0 Å². The molecule has 7 heteroatoms. The number of nitrogens with one attached hydrogen (secondary N) is 2. The molecule has 0 saturated carbocycles. The van der Waals surface area contributed by atoms with E-state index in [0.717, 1.165) is 31.6 Å². The quantitative estimate of drug-likeness (QED) is 0.678. The van der Waals surface area contributed by atoms with Gasteiger partial charge in [0, 0.05) is 37.4 Å². The summed E-state index contributed by atoms with van der Waals surface area (Å²) < 4.78 is 0. The van der Waals surface area contributed by atoms with E-state index in [-0.39, 0.29) is 12.6 Å². The summed E-state index contributed by atoms with van der Waals surface area (Å²) in [4.78, 5) is 29.4. The summed E-state index contributed by atoms with van der Waals surface area (Å²) in [6, 6.07) is 13.9. The molecule has 2 aromatic rings. The number of fused-ring (bicyclic) bond motifs is 1. The highest BCUT2D eigenvalue weighted by atomic mass is 35.5. The molecule has 164 valence electrons. The van der Waals surface area contributed by atoms with E-state index >= 15 is 0 Å². The van der Waals surface area contributed by atoms with Gasteiger partial charge in [-0.2, -0.15) is 0 Å². The van der Waals surface area contributed by atoms with Crippen molar-refractivity contribution in [2.24, 2.45) is 0 Å². The van der Waals surface area contributed by atoms with Crippen molar-refractivity contribution in [2.75, 3.05) is 38.1 Å². The lowest BCUT2D eigenvalue weighted by molar-refractivity contribution is -0.139. The van der Waals surface area contributed by atoms with Crippen molar-refractivity contribution in [3.8, 4) is 0 Å². The number of hydrogen-bond donors (Lipinski definition) is 2. The molecule has 2 heterocycles. The monoisotopic (exact) mass is 440 g/mol. The average molecular weight is 441 g/mol. The van der Waals surface area contributed by atoms with Crippen LogP contribution in [0.2, 0.25) is 5.02 Å². The fourth-order valence-electron chi connectivity index (χ4n) is 4.44. The molecule has 1 fully saturated rings. The van der Waals surface area contributed by atoms with Gasteiger partial charge in [0.05, 0.1) is 6.04 Å². The topological polar surface area (TPSA) is 64.7 Å². The number of nitrogens with zero attached hydrogens (tertiary/aromatic N) is 2. The van der Waals surface area contributed by atoms with Gasteiger partial charge < -0.3 is 15.5 Å². The van der Waals surface area contributed by atoms with Crippen LogP contribution in [0.25, 0.3) is 0 Å². The molecular weight excluding hydrogens is 412 g/mol. The van der Waals surface area contributed by atoms with Gasteiger partial charge in [-0.25, -0.2) is 0 Å². The first-order valence-corrected chi connectivity index (χ1v) is 11.3. The Labute approximate surface area is 188 Å². The van der Waals surface area contributed by atoms with Crippen molar-refractivity contribution >= 4 is 29.1 Å². The van der Waals surface area contributed by atoms with Crippen molar-refractivity contribution < 1.29 is 9.59 Å². The predicted octanol–water partition coefficient (Wildman–Crippen LogP) is 2.90. The molecule has 1 unspecified atom stereocenters. The summed E-state index contributed by atoms with van der Waals surface area (Å²) in [6.45, 7) is 3.78. The predicted molar refractivity (Wildman–Crippen MR) is 123 cm³/mol. The summed E-state index contributed by atoms with van der Waals surface area (Å²) in [5.41, 5.74) is 4.74. The van der Waals surface area contributed by atoms with E-state index in [0.29, 0.717) is 11.6 Å². The van der Waals surface area contributed by atoms with Crippen LogP contribution in [0, 0.1) is 0 Å². The Hall–Kier alpha value is -2.57. The second-order valence-corrected chi connectivity index (χ2v) is 8.77. The molecule has 1 atom stereocenters. The third-order valence-corrected chi connectivity index (χ3v) is 6.48. The zero-order valence-electron chi connectivity index (χ0n) is 17.9. The smallest absolute Gasteiger partial charge is 0.309 e. The van der Waals surface area contributed by atoms with E-state index < -0.39 is 11.8 Å². The van der Waals surface area contributed by atoms with Crippen LogP contribution in [-0.4, -0.2) is 49.9 Å². The molecule has 2 N–H and O–H groups in total. The van der Waals surface area contributed by atoms with Crippen LogP contribution >= 0.6 is 11.6 Å². The highest BCUT2D eigenvalue weighted by molar-refractivity contribution is 6.35. The molecule has 1 saturated heterocycles. The van der Waals surface area contributed by atoms with E-state index in [1.165, 1.54) is 29.7 Å². The molecule has 6 nitrogen and oxygen atoms in total. The molecule has 0 radical (unpaired) electrons. The van der Waals surface area contributed by atoms with Gasteiger partial charge in [-0.1, -0.05) is 35.9 Å². The number of hydrogen-bond acceptors (Lipinski definition) is 4. The third kappa shape index (κ3) is 5.20. The first-order valence-electron chi connectivity index (χ1n) is 10.9. The summed E-state index contributed by atoms with van der Waals surface area (Å²) >= 11 is 5.88. The molecule has 2 aliphatic heterocycles. The van der Waals surface area contributed by atoms with Crippen LogP contribution in [0.4, 0.5) is 5.69 Å². The van der Waals surface area contributed by atoms with Gasteiger partial charge in [-0.15, -0.1) is 0 Å². The Morgan fingerprint density at radius 2 is 1.71 bits per heavy atom. The largest absolute Gasteiger partial charge is 0.374 e. The fourth-order valence-corrected chi connectivity index (χ4v) is 4.57. The number of likely N-dealkylation sites (tertiary alicyclic amines) is 1. The Kier molecular flexibility index (Phi) is 6.78. The first-order chi connectivity index (χ1) is 15.0. The maximum absolute atomic E-state index is 12.4. The van der Waals surface area contributed by atoms with Crippen molar-refractivity contribution in [3.63, 3.8) is 0 Å². The van der Waals surface area contributed by atoms with E-state index in [1.807, 2.05) is 12.1 Å². The van der Waals surface area contributed by atoms with Gasteiger partial charge >= 0.3 is 11.8 Å². The van der Waals surface area contributed by atoms with Crippen molar-refractivity contribution in [3.05, 3.63) is 64.2 Å². The molecule has 0 aliphatic carbocycles. The van der Waals surface area contributed by atoms with Gasteiger partial charge in [0.1, 0.15) is 0 Å². The second kappa shape index (κ2) is 9.71. The van der Waals surface area contributed by atoms with E-state index in [2.05, 4.69) is 45.7 Å². The van der Waals surface area contributed by atoms with Crippen LogP contribution in [0.1, 0.15) is 35.6 Å². The van der Waals surface area contributed by atoms with Crippen molar-refractivity contribution in [1.82, 2.24) is 15.5 Å². The lowest BCUT2D eigenvalue weighted by Gasteiger charge is -2.28. The number of benzene rings is 2. The summed E-state index contributed by atoms with van der Waals surface area (Å²) in [6.07, 6.45) is 3.38. The lowest BCUT2D eigenvalue weighted by Crippen LogP contribution is -2.43. The molecule has 2 aromatic carbocycles. The van der Waals surface area contributed by atoms with Gasteiger partial charge in [0.25, 0.3) is 0 Å². The van der Waals surface area contributed by atoms with E-state index in [9.17, 15) is 9.59 Å². The molecule has 0 bridgehead atoms. The van der Waals surface area contributed by atoms with Crippen LogP contribution < -0.4 is 15.5 Å². The zero-order valence-corrected chi connectivity index (χ0v) is 18.6. The average Bonchev–Trinajstić information content (AvgIpc) is 3.43. The molecule has 2 amide bonds. The molecule has 4 rings (SSSR count). The molecular formula is C24H29ClN4O2. The van der Waals surface area contributed by atoms with Gasteiger partial charge in [-0.05, 0) is 67.2 Å². The number of rotatable bonds is 6. The van der Waals surface area contributed by atoms with E-state index in [1.54, 1.807) is 12.1 Å². The van der Waals surface area contributed by atoms with Crippen LogP contribution in [0.3, 0.4) is 0 Å². The maximum atomic E-state index is 12.4. The standard InChI is InChI=1S/C24H29ClN4O2/c1-28-13-10-19-14-18(6-9-21(19)28)22(29-11-2-3-12-29)16-27-24(31)23(30)26-15-17-4-7-20(25)8-5-17/h4-9,14,22H,2-3,10-13,15-16H2,1H3,(H,26,30)(H,27,31). The zero-order chi connectivity index (χ0) is 21.8. The van der Waals surface area contributed by atoms with Gasteiger partial charge in [0.2, 0.25) is 0 Å². The minimum absolute atomic E-state index is 0.0757. The highest BCUT2D eigenvalue weighted by Gasteiger charge is 2.26. The second-order valence-electron chi connectivity index (χ2n) is 8.34. The normalized spacial score (nSPS) is 16.8. The fraction of sp³-hybridized carbons (Fsp3) is 0.417. The minimum atomic E-state index is -0.620. The van der Waals surface area contributed by atoms with Crippen LogP contribution in [-0.2, 0) is 22.6 Å². The number of carbonyl (C=O) groups is 2. The number of likely N-dealkylation sites (N-methyl/N-ethyl adjacent to an activating group) is 1. The number of amides is 2. The van der Waals surface area contributed by atoms with Gasteiger partial charge in [-0.3, -0.25) is 14.5 Å². The molecule has 31 heavy (non-hydrogen) atoms. The summed E-state index contributed by atoms with van der Waals surface area (Å²) in [5, 5.41) is 6.17. The maximum Gasteiger partial charge on any atom is 0.309 e. The van der Waals surface area contributed by atoms with Crippen LogP contribution in [0.5, 0.6) is 0 Å². The molecule has 0 spiro atoms. The number of carbonyl (C=O) groups excluding carboxylic acids is 2. The van der Waals surface area contributed by atoms with Crippen molar-refractivity contribution in [1.29, 1.82) is 0 Å². The van der Waals surface area contributed by atoms with Crippen molar-refractivity contribution in [2.45, 2.75) is 31.8 Å². The first kappa shape index (κ1) is 21.7. The summed E-state index contributed by atoms with van der Waals surface area (Å²) in [7, 11) is 2.12. The lowest BCUT2D eigenvalue weighted by atomic mass is 10.0. The number of anilines is 1. The molecule has 2 aliphatic rings. The Morgan fingerprint density at radius 1 is 1.00 bits per heavy atom. The SMILES string of the molecule is CN1CCc2cc(C(CNC(=O)C(=O)NCc3ccc(Cl)cc3)N3CCCC3)ccc21. The minimum Gasteiger partial charge on any atom is -0.374 e. The Balaban J connectivity index is 1.37.